The van der Waals surface area contributed by atoms with Crippen LogP contribution in [0.5, 0.6) is 5.75 Å². The molecule has 0 aliphatic carbocycles. The number of aliphatic imine (C=N–C) groups is 1. The van der Waals surface area contributed by atoms with Crippen LogP contribution in [0.2, 0.25) is 0 Å². The minimum absolute atomic E-state index is 0.0205. The van der Waals surface area contributed by atoms with E-state index in [2.05, 4.69) is 10.3 Å². The molecule has 0 radical (unpaired) electrons. The number of hydrogen-bond acceptors (Lipinski definition) is 7. The van der Waals surface area contributed by atoms with Crippen LogP contribution in [-0.2, 0) is 14.6 Å². The van der Waals surface area contributed by atoms with Crippen LogP contribution in [-0.4, -0.2) is 55.4 Å². The number of hydrogen-bond donors (Lipinski definition) is 1. The van der Waals surface area contributed by atoms with Gasteiger partial charge in [0.15, 0.2) is 15.0 Å². The number of rotatable bonds is 6. The van der Waals surface area contributed by atoms with Gasteiger partial charge in [0.2, 0.25) is 5.91 Å². The lowest BCUT2D eigenvalue weighted by Gasteiger charge is -2.24. The van der Waals surface area contributed by atoms with E-state index in [4.69, 9.17) is 4.74 Å². The van der Waals surface area contributed by atoms with E-state index in [-0.39, 0.29) is 35.0 Å². The molecule has 2 aromatic rings. The van der Waals surface area contributed by atoms with E-state index in [0.717, 1.165) is 0 Å². The van der Waals surface area contributed by atoms with Crippen LogP contribution in [0.15, 0.2) is 53.5 Å². The zero-order chi connectivity index (χ0) is 22.0. The number of amidine groups is 1. The van der Waals surface area contributed by atoms with Crippen molar-refractivity contribution in [2.45, 2.75) is 18.2 Å². The molecule has 1 saturated heterocycles. The molecule has 2 aliphatic heterocycles. The molecule has 0 unspecified atom stereocenters. The summed E-state index contributed by atoms with van der Waals surface area (Å²) >= 11 is 1.36. The Morgan fingerprint density at radius 3 is 2.65 bits per heavy atom. The smallest absolute Gasteiger partial charge is 0.244 e. The number of sulfone groups is 1. The molecule has 1 N–H and O–H groups in total. The van der Waals surface area contributed by atoms with Gasteiger partial charge in [0, 0.05) is 10.9 Å². The van der Waals surface area contributed by atoms with Gasteiger partial charge in [-0.3, -0.25) is 9.79 Å². The Morgan fingerprint density at radius 2 is 1.97 bits per heavy atom. The topological polar surface area (TPSA) is 88.1 Å². The highest BCUT2D eigenvalue weighted by atomic mass is 32.2. The number of nitrogens with one attached hydrogen (secondary N) is 1. The van der Waals surface area contributed by atoms with Gasteiger partial charge in [-0.2, -0.15) is 0 Å². The fraction of sp³-hybridized carbons (Fsp3) is 0.333. The lowest BCUT2D eigenvalue weighted by molar-refractivity contribution is -0.114. The predicted octanol–water partition coefficient (Wildman–Crippen LogP) is 2.94. The molecule has 10 heteroatoms. The minimum Gasteiger partial charge on any atom is -0.494 e. The van der Waals surface area contributed by atoms with Gasteiger partial charge in [0.1, 0.15) is 18.1 Å². The van der Waals surface area contributed by atoms with Crippen molar-refractivity contribution in [2.24, 2.45) is 4.99 Å². The van der Waals surface area contributed by atoms with Crippen LogP contribution in [0.1, 0.15) is 6.92 Å². The fourth-order valence-electron chi connectivity index (χ4n) is 3.53. The molecule has 0 spiro atoms. The second-order valence-corrected chi connectivity index (χ2v) is 10.6. The average molecular weight is 464 g/mol. The third kappa shape index (κ3) is 5.01. The Labute approximate surface area is 184 Å². The minimum atomic E-state index is -3.08. The van der Waals surface area contributed by atoms with Crippen LogP contribution in [0.3, 0.4) is 0 Å². The van der Waals surface area contributed by atoms with Crippen molar-refractivity contribution in [3.8, 4) is 5.75 Å². The SMILES string of the molecule is CCOc1ccc(N(CC(=O)Nc2ccccc2F)C2=N[C@@H]3CS(=O)(=O)C[C@H]3S2)cc1. The summed E-state index contributed by atoms with van der Waals surface area (Å²) in [5, 5.41) is 3.02. The monoisotopic (exact) mass is 463 g/mol. The Morgan fingerprint density at radius 1 is 1.23 bits per heavy atom. The van der Waals surface area contributed by atoms with E-state index >= 15 is 0 Å². The number of carbonyl (C=O) groups is 1. The number of anilines is 2. The van der Waals surface area contributed by atoms with Gasteiger partial charge in [0.25, 0.3) is 0 Å². The number of fused-ring (bicyclic) bond motifs is 1. The molecule has 7 nitrogen and oxygen atoms in total. The van der Waals surface area contributed by atoms with Crippen LogP contribution < -0.4 is 15.0 Å². The van der Waals surface area contributed by atoms with Crippen molar-refractivity contribution in [3.05, 3.63) is 54.3 Å². The maximum absolute atomic E-state index is 13.9. The first-order chi connectivity index (χ1) is 14.8. The summed E-state index contributed by atoms with van der Waals surface area (Å²) in [6.45, 7) is 2.33. The van der Waals surface area contributed by atoms with Crippen LogP contribution in [0.25, 0.3) is 0 Å². The molecule has 1 fully saturated rings. The van der Waals surface area contributed by atoms with Crippen molar-refractivity contribution in [1.82, 2.24) is 0 Å². The highest BCUT2D eigenvalue weighted by Crippen LogP contribution is 2.37. The molecular weight excluding hydrogens is 441 g/mol. The summed E-state index contributed by atoms with van der Waals surface area (Å²) in [5.41, 5.74) is 0.810. The van der Waals surface area contributed by atoms with E-state index in [1.807, 2.05) is 19.1 Å². The summed E-state index contributed by atoms with van der Waals surface area (Å²) in [7, 11) is -3.08. The number of carbonyl (C=O) groups excluding carboxylic acids is 1. The van der Waals surface area contributed by atoms with E-state index in [1.165, 1.54) is 23.9 Å². The highest BCUT2D eigenvalue weighted by Gasteiger charge is 2.44. The lowest BCUT2D eigenvalue weighted by Crippen LogP contribution is -2.36. The number of benzene rings is 2. The molecule has 2 atom stereocenters. The van der Waals surface area contributed by atoms with Gasteiger partial charge in [-0.05, 0) is 43.3 Å². The zero-order valence-electron chi connectivity index (χ0n) is 16.8. The van der Waals surface area contributed by atoms with Crippen molar-refractivity contribution in [1.29, 1.82) is 0 Å². The molecule has 0 saturated carbocycles. The molecule has 2 heterocycles. The van der Waals surface area contributed by atoms with Crippen LogP contribution >= 0.6 is 11.8 Å². The van der Waals surface area contributed by atoms with Gasteiger partial charge >= 0.3 is 0 Å². The first kappa shape index (κ1) is 21.6. The summed E-state index contributed by atoms with van der Waals surface area (Å²) < 4.78 is 43.2. The van der Waals surface area contributed by atoms with Crippen LogP contribution in [0, 0.1) is 5.82 Å². The van der Waals surface area contributed by atoms with E-state index in [0.29, 0.717) is 23.2 Å². The van der Waals surface area contributed by atoms with Crippen molar-refractivity contribution >= 4 is 44.0 Å². The van der Waals surface area contributed by atoms with E-state index in [9.17, 15) is 17.6 Å². The Kier molecular flexibility index (Phi) is 6.19. The molecule has 2 aliphatic rings. The lowest BCUT2D eigenvalue weighted by atomic mass is 10.2. The summed E-state index contributed by atoms with van der Waals surface area (Å²) in [6.07, 6.45) is 0. The predicted molar refractivity (Wildman–Crippen MR) is 121 cm³/mol. The number of thioether (sulfide) groups is 1. The molecule has 1 amide bonds. The van der Waals surface area contributed by atoms with Crippen LogP contribution in [0.4, 0.5) is 15.8 Å². The maximum Gasteiger partial charge on any atom is 0.244 e. The zero-order valence-corrected chi connectivity index (χ0v) is 18.5. The summed E-state index contributed by atoms with van der Waals surface area (Å²) in [5.74, 6) is -0.130. The molecule has 4 rings (SSSR count). The highest BCUT2D eigenvalue weighted by molar-refractivity contribution is 8.15. The largest absolute Gasteiger partial charge is 0.494 e. The first-order valence-electron chi connectivity index (χ1n) is 9.84. The number of nitrogens with zero attached hydrogens (tertiary/aromatic N) is 2. The molecule has 0 bridgehead atoms. The first-order valence-corrected chi connectivity index (χ1v) is 12.5. The number of halogens is 1. The molecule has 164 valence electrons. The van der Waals surface area contributed by atoms with Gasteiger partial charge in [-0.25, -0.2) is 12.8 Å². The van der Waals surface area contributed by atoms with Gasteiger partial charge < -0.3 is 15.0 Å². The average Bonchev–Trinajstić information content (AvgIpc) is 3.22. The van der Waals surface area contributed by atoms with E-state index < -0.39 is 21.6 Å². The van der Waals surface area contributed by atoms with E-state index in [1.54, 1.807) is 29.2 Å². The Hall–Kier alpha value is -2.59. The third-order valence-corrected chi connectivity index (χ3v) is 8.19. The third-order valence-electron chi connectivity index (χ3n) is 4.95. The molecule has 2 aromatic carbocycles. The van der Waals surface area contributed by atoms with Gasteiger partial charge in [-0.15, -0.1) is 0 Å². The standard InChI is InChI=1S/C21H22FN3O4S2/c1-2-29-15-9-7-14(8-10-15)25(11-20(26)23-17-6-4-3-5-16(17)22)21-24-18-12-31(27,28)13-19(18)30-21/h3-10,18-19H,2,11-13H2,1H3,(H,23,26)/t18-,19-/m1/s1. The summed E-state index contributed by atoms with van der Waals surface area (Å²) in [6, 6.07) is 12.9. The molecule has 31 heavy (non-hydrogen) atoms. The van der Waals surface area contributed by atoms with Crippen molar-refractivity contribution in [2.75, 3.05) is 34.9 Å². The second-order valence-electron chi connectivity index (χ2n) is 7.25. The fourth-order valence-corrected chi connectivity index (χ4v) is 7.31. The number of amides is 1. The Balaban J connectivity index is 1.57. The van der Waals surface area contributed by atoms with Gasteiger partial charge in [-0.1, -0.05) is 23.9 Å². The number of para-hydroxylation sites is 1. The second kappa shape index (κ2) is 8.88. The van der Waals surface area contributed by atoms with Crippen molar-refractivity contribution in [3.63, 3.8) is 0 Å². The van der Waals surface area contributed by atoms with Crippen molar-refractivity contribution < 1.29 is 22.3 Å². The summed E-state index contributed by atoms with van der Waals surface area (Å²) in [4.78, 5) is 19.0. The van der Waals surface area contributed by atoms with Gasteiger partial charge in [0.05, 0.1) is 29.8 Å². The quantitative estimate of drug-likeness (QED) is 0.709. The maximum atomic E-state index is 13.9. The normalized spacial score (nSPS) is 21.3. The molecule has 0 aromatic heterocycles. The molecular formula is C21H22FN3O4S2. The Bertz CT molecular complexity index is 1110. The number of ether oxygens (including phenoxy) is 1.